The Balaban J connectivity index is 1.55. The Bertz CT molecular complexity index is 1450. The van der Waals surface area contributed by atoms with E-state index in [0.717, 1.165) is 61.9 Å². The molecule has 32 heavy (non-hydrogen) atoms. The van der Waals surface area contributed by atoms with E-state index in [0.29, 0.717) is 0 Å². The highest BCUT2D eigenvalue weighted by molar-refractivity contribution is 8.01. The summed E-state index contributed by atoms with van der Waals surface area (Å²) in [6.07, 6.45) is 14.5. The molecule has 1 N–H and O–H groups in total. The lowest BCUT2D eigenvalue weighted by Crippen LogP contribution is -2.12. The van der Waals surface area contributed by atoms with E-state index in [1.165, 1.54) is 0 Å². The van der Waals surface area contributed by atoms with Gasteiger partial charge in [-0.25, -0.2) is 9.98 Å². The molecule has 5 heterocycles. The van der Waals surface area contributed by atoms with Crippen LogP contribution in [0, 0.1) is 0 Å². The molecule has 2 aromatic rings. The molecular formula is C26H20N4OS. The first kappa shape index (κ1) is 19.1. The van der Waals surface area contributed by atoms with E-state index in [1.807, 2.05) is 24.3 Å². The Morgan fingerprint density at radius 3 is 2.44 bits per heavy atom. The third kappa shape index (κ3) is 3.63. The highest BCUT2D eigenvalue weighted by Gasteiger charge is 2.24. The molecular weight excluding hydrogens is 416 g/mol. The number of aromatic amines is 1. The van der Waals surface area contributed by atoms with Crippen molar-refractivity contribution in [2.24, 2.45) is 15.0 Å². The minimum atomic E-state index is 0.0342. The number of nitrogens with one attached hydrogen (secondary N) is 1. The van der Waals surface area contributed by atoms with Crippen molar-refractivity contribution < 1.29 is 4.74 Å². The maximum absolute atomic E-state index is 5.35. The van der Waals surface area contributed by atoms with Crippen molar-refractivity contribution in [1.82, 2.24) is 4.98 Å². The fraction of sp³-hybridized carbons (Fsp3) is 0.115. The fourth-order valence-corrected chi connectivity index (χ4v) is 5.05. The van der Waals surface area contributed by atoms with E-state index in [4.69, 9.17) is 19.7 Å². The summed E-state index contributed by atoms with van der Waals surface area (Å²) in [4.78, 5) is 18.2. The summed E-state index contributed by atoms with van der Waals surface area (Å²) < 4.78 is 5.35. The molecule has 4 aliphatic heterocycles. The SMILES string of the molecule is COc1ccc(C2=C3C=CC(=N3)C=c3ccc([nH]3)=CC3=NC(=CC4N=C2CS4)C=C3)cc1. The molecule has 4 aliphatic rings. The lowest BCUT2D eigenvalue weighted by molar-refractivity contribution is 0.415. The number of ether oxygens (including phenoxy) is 1. The number of aromatic nitrogens is 1. The maximum Gasteiger partial charge on any atom is 0.118 e. The molecule has 6 heteroatoms. The summed E-state index contributed by atoms with van der Waals surface area (Å²) in [7, 11) is 1.68. The normalized spacial score (nSPS) is 21.0. The van der Waals surface area contributed by atoms with Crippen LogP contribution in [0.15, 0.2) is 93.1 Å². The topological polar surface area (TPSA) is 62.1 Å². The average molecular weight is 437 g/mol. The highest BCUT2D eigenvalue weighted by Crippen LogP contribution is 2.34. The number of H-pyrrole nitrogens is 1. The third-order valence-electron chi connectivity index (χ3n) is 5.59. The molecule has 0 spiro atoms. The van der Waals surface area contributed by atoms with Gasteiger partial charge in [0, 0.05) is 22.0 Å². The predicted octanol–water partition coefficient (Wildman–Crippen LogP) is 3.43. The molecule has 0 radical (unpaired) electrons. The Labute approximate surface area is 189 Å². The monoisotopic (exact) mass is 436 g/mol. The number of thioether (sulfide) groups is 1. The van der Waals surface area contributed by atoms with Gasteiger partial charge in [-0.3, -0.25) is 4.99 Å². The standard InChI is InChI=1S/C26H20N4OS/c1-31-22-9-2-16(3-10-22)26-23-11-8-20(29-23)13-19-5-4-17(27-19)12-18-6-7-21(28-18)14-25-30-24(26)15-32-25/h2-14,25,27H,15H2,1H3. The van der Waals surface area contributed by atoms with E-state index in [-0.39, 0.29) is 5.37 Å². The predicted molar refractivity (Wildman–Crippen MR) is 134 cm³/mol. The van der Waals surface area contributed by atoms with Crippen LogP contribution >= 0.6 is 11.8 Å². The smallest absolute Gasteiger partial charge is 0.118 e. The van der Waals surface area contributed by atoms with Crippen LogP contribution in [0.1, 0.15) is 5.56 Å². The van der Waals surface area contributed by atoms with Crippen LogP contribution in [-0.4, -0.2) is 40.4 Å². The summed E-state index contributed by atoms with van der Waals surface area (Å²) in [6, 6.07) is 12.2. The Morgan fingerprint density at radius 1 is 0.906 bits per heavy atom. The molecule has 1 aromatic carbocycles. The molecule has 156 valence electrons. The first-order valence-corrected chi connectivity index (χ1v) is 11.5. The highest BCUT2D eigenvalue weighted by atomic mass is 32.2. The largest absolute Gasteiger partial charge is 0.497 e. The lowest BCUT2D eigenvalue weighted by atomic mass is 9.99. The number of methoxy groups -OCH3 is 1. The van der Waals surface area contributed by atoms with Crippen molar-refractivity contribution in [1.29, 1.82) is 0 Å². The van der Waals surface area contributed by atoms with Gasteiger partial charge >= 0.3 is 0 Å². The molecule has 1 atom stereocenters. The molecule has 6 rings (SSSR count). The molecule has 0 fully saturated rings. The van der Waals surface area contributed by atoms with Gasteiger partial charge < -0.3 is 9.72 Å². The van der Waals surface area contributed by atoms with E-state index >= 15 is 0 Å². The summed E-state index contributed by atoms with van der Waals surface area (Å²) in [6.45, 7) is 0. The number of hydrogen-bond acceptors (Lipinski definition) is 5. The number of nitrogens with zero attached hydrogens (tertiary/aromatic N) is 3. The quantitative estimate of drug-likeness (QED) is 0.784. The van der Waals surface area contributed by atoms with E-state index in [9.17, 15) is 0 Å². The van der Waals surface area contributed by atoms with Gasteiger partial charge in [0.05, 0.1) is 35.6 Å². The van der Waals surface area contributed by atoms with E-state index in [2.05, 4.69) is 59.6 Å². The zero-order chi connectivity index (χ0) is 21.5. The first-order chi connectivity index (χ1) is 15.7. The van der Waals surface area contributed by atoms with Gasteiger partial charge in [0.15, 0.2) is 0 Å². The minimum absolute atomic E-state index is 0.0342. The number of benzene rings is 1. The summed E-state index contributed by atoms with van der Waals surface area (Å²) >= 11 is 1.81. The fourth-order valence-electron chi connectivity index (χ4n) is 4.06. The molecule has 1 aromatic heterocycles. The van der Waals surface area contributed by atoms with Gasteiger partial charge in [0.25, 0.3) is 0 Å². The maximum atomic E-state index is 5.35. The van der Waals surface area contributed by atoms with Crippen LogP contribution in [0.3, 0.4) is 0 Å². The van der Waals surface area contributed by atoms with Crippen LogP contribution in [0.5, 0.6) is 5.75 Å². The van der Waals surface area contributed by atoms with Gasteiger partial charge in [-0.05, 0) is 72.4 Å². The zero-order valence-electron chi connectivity index (χ0n) is 17.4. The first-order valence-electron chi connectivity index (χ1n) is 10.4. The van der Waals surface area contributed by atoms with Crippen molar-refractivity contribution in [2.75, 3.05) is 12.9 Å². The number of fused-ring (bicyclic) bond motifs is 5. The summed E-state index contributed by atoms with van der Waals surface area (Å²) in [5.74, 6) is 1.66. The second kappa shape index (κ2) is 7.80. The van der Waals surface area contributed by atoms with Crippen molar-refractivity contribution in [3.05, 3.63) is 94.4 Å². The molecule has 0 saturated heterocycles. The third-order valence-corrected chi connectivity index (χ3v) is 6.62. The van der Waals surface area contributed by atoms with Crippen LogP contribution < -0.4 is 15.4 Å². The second-order valence-electron chi connectivity index (χ2n) is 7.76. The molecule has 0 aliphatic carbocycles. The van der Waals surface area contributed by atoms with Crippen molar-refractivity contribution in [3.63, 3.8) is 0 Å². The molecule has 8 bridgehead atoms. The molecule has 5 nitrogen and oxygen atoms in total. The number of rotatable bonds is 2. The van der Waals surface area contributed by atoms with Crippen LogP contribution in [0.4, 0.5) is 0 Å². The number of aliphatic imine (C=N–C) groups is 3. The Kier molecular flexibility index (Phi) is 4.65. The Hall–Kier alpha value is -3.64. The summed E-state index contributed by atoms with van der Waals surface area (Å²) in [5, 5.41) is 2.05. The lowest BCUT2D eigenvalue weighted by Gasteiger charge is -2.10. The van der Waals surface area contributed by atoms with Crippen LogP contribution in [0.2, 0.25) is 0 Å². The number of allylic oxidation sites excluding steroid dienone is 5. The summed E-state index contributed by atoms with van der Waals surface area (Å²) in [5.41, 5.74) is 6.93. The molecule has 0 amide bonds. The molecule has 1 unspecified atom stereocenters. The van der Waals surface area contributed by atoms with E-state index in [1.54, 1.807) is 18.9 Å². The van der Waals surface area contributed by atoms with E-state index < -0.39 is 0 Å². The zero-order valence-corrected chi connectivity index (χ0v) is 18.3. The van der Waals surface area contributed by atoms with Crippen LogP contribution in [0.25, 0.3) is 17.7 Å². The van der Waals surface area contributed by atoms with Crippen molar-refractivity contribution in [2.45, 2.75) is 5.37 Å². The second-order valence-corrected chi connectivity index (χ2v) is 8.86. The van der Waals surface area contributed by atoms with Crippen molar-refractivity contribution >= 4 is 46.6 Å². The average Bonchev–Trinajstić information content (AvgIpc) is 3.60. The van der Waals surface area contributed by atoms with Gasteiger partial charge in [0.1, 0.15) is 11.1 Å². The van der Waals surface area contributed by atoms with Gasteiger partial charge in [-0.15, -0.1) is 11.8 Å². The minimum Gasteiger partial charge on any atom is -0.497 e. The van der Waals surface area contributed by atoms with Crippen molar-refractivity contribution in [3.8, 4) is 5.75 Å². The number of hydrogen-bond donors (Lipinski definition) is 1. The van der Waals surface area contributed by atoms with Gasteiger partial charge in [0.2, 0.25) is 0 Å². The Morgan fingerprint density at radius 2 is 1.66 bits per heavy atom. The van der Waals surface area contributed by atoms with Gasteiger partial charge in [-0.2, -0.15) is 0 Å². The van der Waals surface area contributed by atoms with Gasteiger partial charge in [-0.1, -0.05) is 12.1 Å². The molecule has 0 saturated carbocycles. The van der Waals surface area contributed by atoms with Crippen LogP contribution in [-0.2, 0) is 0 Å².